The van der Waals surface area contributed by atoms with Crippen LogP contribution in [0.1, 0.15) is 90.1 Å². The van der Waals surface area contributed by atoms with E-state index >= 15 is 0 Å². The molecule has 1 aliphatic heterocycles. The third kappa shape index (κ3) is 10.9. The number of carbonyl (C=O) groups is 6. The number of hydrogen-bond acceptors (Lipinski definition) is 8. The van der Waals surface area contributed by atoms with Crippen LogP contribution in [0.2, 0.25) is 0 Å². The minimum Gasteiger partial charge on any atom is -0.478 e. The Balaban J connectivity index is 1.94. The van der Waals surface area contributed by atoms with Crippen LogP contribution >= 0.6 is 0 Å². The van der Waals surface area contributed by atoms with Gasteiger partial charge in [-0.3, -0.25) is 24.0 Å². The van der Waals surface area contributed by atoms with Crippen molar-refractivity contribution < 1.29 is 43.7 Å². The fraction of sp³-hybridized carbons (Fsp3) is 0.450. The number of aliphatic hydroxyl groups excluding tert-OH is 1. The third-order valence-electron chi connectivity index (χ3n) is 9.27. The first-order chi connectivity index (χ1) is 23.5. The van der Waals surface area contributed by atoms with Crippen molar-refractivity contribution in [2.24, 2.45) is 23.7 Å². The molecular weight excluding hydrogens is 638 g/mol. The van der Waals surface area contributed by atoms with Crippen molar-refractivity contribution in [3.05, 3.63) is 93.8 Å². The van der Waals surface area contributed by atoms with Gasteiger partial charge in [-0.1, -0.05) is 64.1 Å². The van der Waals surface area contributed by atoms with Crippen LogP contribution in [-0.4, -0.2) is 57.6 Å². The average Bonchev–Trinajstić information content (AvgIpc) is 3.04. The molecule has 3 N–H and O–H groups in total. The van der Waals surface area contributed by atoms with Gasteiger partial charge in [0.2, 0.25) is 5.78 Å². The highest BCUT2D eigenvalue weighted by Gasteiger charge is 2.32. The summed E-state index contributed by atoms with van der Waals surface area (Å²) in [4.78, 5) is 76.6. The Hall–Kier alpha value is -4.70. The van der Waals surface area contributed by atoms with E-state index in [1.165, 1.54) is 19.1 Å². The van der Waals surface area contributed by atoms with Gasteiger partial charge in [0.15, 0.2) is 5.78 Å². The highest BCUT2D eigenvalue weighted by molar-refractivity contribution is 6.24. The lowest BCUT2D eigenvalue weighted by Crippen LogP contribution is -2.33. The number of Topliss-reactive ketones (excluding diaryl/α,β-unsaturated/α-hetero) is 2. The van der Waals surface area contributed by atoms with Gasteiger partial charge in [0, 0.05) is 54.4 Å². The lowest BCUT2D eigenvalue weighted by Gasteiger charge is -2.28. The summed E-state index contributed by atoms with van der Waals surface area (Å²) in [6.45, 7) is 12.4. The first kappa shape index (κ1) is 39.7. The zero-order chi connectivity index (χ0) is 37.3. The summed E-state index contributed by atoms with van der Waals surface area (Å²) in [5.74, 6) is -4.10. The standard InChI is InChI=1S/C40H49NO9/c1-22-17-25(4)36(45)26(5)19-27(6)38(50-28(7)42)23(2)9-8-10-24(3)39(47)41-34-21-35(44)32(33(18-22)37(34)46)16-15-31(43)20-29-11-13-30(14-12-29)40(48)49/h8-14,19,21-23,25-26,36,38,45H,15-18,20H2,1-7H3,(H,41,47)(H,48,49)/b9-8-,24-10+,27-19+/t22-,23-,25?,26-,36-,38+/m0/s1. The Bertz CT molecular complexity index is 1660. The van der Waals surface area contributed by atoms with E-state index in [1.54, 1.807) is 37.3 Å². The van der Waals surface area contributed by atoms with Gasteiger partial charge in [0.05, 0.1) is 17.4 Å². The van der Waals surface area contributed by atoms with E-state index in [0.717, 1.165) is 11.6 Å². The molecule has 0 fully saturated rings. The van der Waals surface area contributed by atoms with Crippen molar-refractivity contribution in [1.82, 2.24) is 5.32 Å². The van der Waals surface area contributed by atoms with Gasteiger partial charge in [-0.25, -0.2) is 4.79 Å². The summed E-state index contributed by atoms with van der Waals surface area (Å²) in [5, 5.41) is 23.0. The number of fused-ring (bicyclic) bond motifs is 2. The summed E-state index contributed by atoms with van der Waals surface area (Å²) in [7, 11) is 0. The number of nitrogens with one attached hydrogen (secondary N) is 1. The Morgan fingerprint density at radius 1 is 0.980 bits per heavy atom. The second kappa shape index (κ2) is 17.8. The number of carbonyl (C=O) groups excluding carboxylic acids is 5. The van der Waals surface area contributed by atoms with Gasteiger partial charge < -0.3 is 20.3 Å². The molecule has 1 aromatic carbocycles. The summed E-state index contributed by atoms with van der Waals surface area (Å²) >= 11 is 0. The van der Waals surface area contributed by atoms with E-state index in [0.29, 0.717) is 12.0 Å². The molecule has 0 radical (unpaired) electrons. The number of benzene rings is 1. The van der Waals surface area contributed by atoms with Gasteiger partial charge in [-0.05, 0) is 68.2 Å². The van der Waals surface area contributed by atoms with E-state index in [-0.39, 0.29) is 83.1 Å². The maximum Gasteiger partial charge on any atom is 0.335 e. The Kier molecular flexibility index (Phi) is 14.1. The molecule has 0 spiro atoms. The second-order valence-corrected chi connectivity index (χ2v) is 13.8. The molecule has 1 unspecified atom stereocenters. The Morgan fingerprint density at radius 3 is 2.26 bits per heavy atom. The number of carboxylic acids is 1. The fourth-order valence-corrected chi connectivity index (χ4v) is 6.56. The van der Waals surface area contributed by atoms with Crippen LogP contribution in [0.3, 0.4) is 0 Å². The number of hydrogen-bond donors (Lipinski definition) is 3. The number of aliphatic hydroxyl groups is 1. The van der Waals surface area contributed by atoms with Crippen molar-refractivity contribution in [3.63, 3.8) is 0 Å². The number of ether oxygens (including phenoxy) is 1. The molecule has 268 valence electrons. The van der Waals surface area contributed by atoms with Crippen LogP contribution in [0.4, 0.5) is 0 Å². The van der Waals surface area contributed by atoms with E-state index in [1.807, 2.05) is 40.7 Å². The molecular formula is C40H49NO9. The first-order valence-electron chi connectivity index (χ1n) is 17.0. The molecule has 0 saturated carbocycles. The van der Waals surface area contributed by atoms with Gasteiger partial charge in [0.25, 0.3) is 5.91 Å². The number of allylic oxidation sites excluding steroid dienone is 5. The molecule has 1 amide bonds. The number of amides is 1. The van der Waals surface area contributed by atoms with Crippen LogP contribution in [0.5, 0.6) is 0 Å². The molecule has 10 nitrogen and oxygen atoms in total. The second-order valence-electron chi connectivity index (χ2n) is 13.8. The van der Waals surface area contributed by atoms with E-state index in [2.05, 4.69) is 5.32 Å². The maximum absolute atomic E-state index is 13.9. The molecule has 2 bridgehead atoms. The molecule has 0 aromatic heterocycles. The highest BCUT2D eigenvalue weighted by atomic mass is 16.5. The average molecular weight is 688 g/mol. The zero-order valence-corrected chi connectivity index (χ0v) is 29.9. The number of carboxylic acid groups (broad SMARTS) is 1. The quantitative estimate of drug-likeness (QED) is 0.182. The molecule has 6 atom stereocenters. The lowest BCUT2D eigenvalue weighted by molar-refractivity contribution is -0.146. The molecule has 1 aliphatic carbocycles. The molecule has 1 aromatic rings. The highest BCUT2D eigenvalue weighted by Crippen LogP contribution is 2.32. The van der Waals surface area contributed by atoms with Gasteiger partial charge in [-0.15, -0.1) is 0 Å². The number of rotatable bonds is 7. The van der Waals surface area contributed by atoms with Crippen molar-refractivity contribution in [2.45, 2.75) is 92.8 Å². The van der Waals surface area contributed by atoms with E-state index in [4.69, 9.17) is 9.84 Å². The largest absolute Gasteiger partial charge is 0.478 e. The number of aromatic carboxylic acids is 1. The number of esters is 1. The van der Waals surface area contributed by atoms with Crippen LogP contribution in [-0.2, 0) is 35.1 Å². The molecule has 1 heterocycles. The SMILES string of the molecule is CC(=O)O[C@H]1/C(C)=C/[C@H](C)[C@@H](O)C(C)C[C@H](C)CC2=C(CCC(=O)Cc3ccc(C(=O)O)cc3)C(=O)C=C(NC(=O)/C(C)=C/C=C\[C@@H]1C)C2=O. The Labute approximate surface area is 294 Å². The summed E-state index contributed by atoms with van der Waals surface area (Å²) in [5.41, 5.74) is 2.12. The van der Waals surface area contributed by atoms with Crippen LogP contribution < -0.4 is 5.32 Å². The molecule has 50 heavy (non-hydrogen) atoms. The van der Waals surface area contributed by atoms with Gasteiger partial charge in [0.1, 0.15) is 11.9 Å². The minimum absolute atomic E-state index is 0.0122. The maximum atomic E-state index is 13.9. The smallest absolute Gasteiger partial charge is 0.335 e. The lowest BCUT2D eigenvalue weighted by atomic mass is 9.80. The zero-order valence-electron chi connectivity index (χ0n) is 29.9. The molecule has 3 rings (SSSR count). The van der Waals surface area contributed by atoms with Gasteiger partial charge in [-0.2, -0.15) is 0 Å². The van der Waals surface area contributed by atoms with Gasteiger partial charge >= 0.3 is 11.9 Å². The normalized spacial score (nSPS) is 28.4. The van der Waals surface area contributed by atoms with Crippen molar-refractivity contribution in [2.75, 3.05) is 0 Å². The third-order valence-corrected chi connectivity index (χ3v) is 9.27. The molecule has 10 heteroatoms. The summed E-state index contributed by atoms with van der Waals surface area (Å²) < 4.78 is 5.64. The van der Waals surface area contributed by atoms with Crippen molar-refractivity contribution in [3.8, 4) is 0 Å². The molecule has 2 aliphatic rings. The minimum atomic E-state index is -1.07. The molecule has 0 saturated heterocycles. The van der Waals surface area contributed by atoms with E-state index in [9.17, 15) is 33.9 Å². The first-order valence-corrected chi connectivity index (χ1v) is 17.0. The fourth-order valence-electron chi connectivity index (χ4n) is 6.56. The monoisotopic (exact) mass is 687 g/mol. The number of ketones is 3. The van der Waals surface area contributed by atoms with Crippen LogP contribution in [0.15, 0.2) is 82.6 Å². The van der Waals surface area contributed by atoms with Crippen molar-refractivity contribution in [1.29, 1.82) is 0 Å². The summed E-state index contributed by atoms with van der Waals surface area (Å²) in [6.07, 6.45) is 7.49. The van der Waals surface area contributed by atoms with Crippen molar-refractivity contribution >= 4 is 35.2 Å². The predicted molar refractivity (Wildman–Crippen MR) is 189 cm³/mol. The summed E-state index contributed by atoms with van der Waals surface area (Å²) in [6, 6.07) is 6.00. The predicted octanol–water partition coefficient (Wildman–Crippen LogP) is 5.80. The van der Waals surface area contributed by atoms with E-state index < -0.39 is 41.6 Å². The Morgan fingerprint density at radius 2 is 1.64 bits per heavy atom. The topological polar surface area (TPSA) is 164 Å². The van der Waals surface area contributed by atoms with Crippen LogP contribution in [0, 0.1) is 23.7 Å². The van der Waals surface area contributed by atoms with Crippen LogP contribution in [0.25, 0.3) is 0 Å².